The Morgan fingerprint density at radius 1 is 1.24 bits per heavy atom. The minimum atomic E-state index is 0.104. The van der Waals surface area contributed by atoms with Crippen LogP contribution in [0.25, 0.3) is 10.2 Å². The Bertz CT molecular complexity index is 979. The van der Waals surface area contributed by atoms with Gasteiger partial charge in [0, 0.05) is 16.3 Å². The quantitative estimate of drug-likeness (QED) is 0.727. The number of aromatic nitrogens is 3. The summed E-state index contributed by atoms with van der Waals surface area (Å²) in [6.07, 6.45) is 5.38. The van der Waals surface area contributed by atoms with Crippen LogP contribution >= 0.6 is 22.9 Å². The van der Waals surface area contributed by atoms with Crippen LogP contribution in [0, 0.1) is 13.8 Å². The van der Waals surface area contributed by atoms with Crippen molar-refractivity contribution in [1.82, 2.24) is 13.9 Å². The molecular formula is C18H22N4OS2. The number of aryl methyl sites for hydroxylation is 4. The molecule has 4 rings (SSSR count). The number of hydrogen-bond donors (Lipinski definition) is 1. The highest BCUT2D eigenvalue weighted by molar-refractivity contribution is 7.18. The summed E-state index contributed by atoms with van der Waals surface area (Å²) in [5.41, 5.74) is 3.28. The van der Waals surface area contributed by atoms with Crippen molar-refractivity contribution in [1.29, 1.82) is 0 Å². The van der Waals surface area contributed by atoms with Gasteiger partial charge in [-0.2, -0.15) is 4.37 Å². The number of nitrogens with zero attached hydrogens (tertiary/aromatic N) is 3. The van der Waals surface area contributed by atoms with Gasteiger partial charge in [-0.25, -0.2) is 4.98 Å². The van der Waals surface area contributed by atoms with Crippen LogP contribution in [0.2, 0.25) is 0 Å². The van der Waals surface area contributed by atoms with E-state index in [1.165, 1.54) is 34.8 Å². The fraction of sp³-hybridized carbons (Fsp3) is 0.500. The molecule has 1 aliphatic rings. The zero-order valence-corrected chi connectivity index (χ0v) is 16.4. The molecule has 0 saturated heterocycles. The molecule has 5 nitrogen and oxygen atoms in total. The van der Waals surface area contributed by atoms with Crippen molar-refractivity contribution in [3.05, 3.63) is 31.4 Å². The molecule has 25 heavy (non-hydrogen) atoms. The normalized spacial score (nSPS) is 14.0. The summed E-state index contributed by atoms with van der Waals surface area (Å²) in [5.74, 6) is 0.643. The molecule has 0 bridgehead atoms. The Labute approximate surface area is 154 Å². The third-order valence-corrected chi connectivity index (χ3v) is 6.82. The second kappa shape index (κ2) is 6.53. The molecule has 3 aromatic rings. The topological polar surface area (TPSA) is 59.8 Å². The maximum Gasteiger partial charge on any atom is 0.263 e. The molecule has 132 valence electrons. The lowest BCUT2D eigenvalue weighted by Gasteiger charge is -2.14. The Hall–Kier alpha value is -1.73. The van der Waals surface area contributed by atoms with Gasteiger partial charge in [0.2, 0.25) is 5.95 Å². The molecule has 7 heteroatoms. The fourth-order valence-electron chi connectivity index (χ4n) is 3.54. The largest absolute Gasteiger partial charge is 0.323 e. The standard InChI is InChI=1S/C18H22N4OS2/c1-4-9-22-17(23)14-12-7-5-6-8-13(12)24-16(14)20-18(22)19-15-10(2)21-25-11(15)3/h4-9H2,1-3H3,(H,19,20). The Morgan fingerprint density at radius 2 is 2.04 bits per heavy atom. The van der Waals surface area contributed by atoms with Gasteiger partial charge in [0.25, 0.3) is 5.56 Å². The van der Waals surface area contributed by atoms with Crippen molar-refractivity contribution in [2.75, 3.05) is 5.32 Å². The molecule has 3 aromatic heterocycles. The van der Waals surface area contributed by atoms with Gasteiger partial charge in [-0.15, -0.1) is 11.3 Å². The van der Waals surface area contributed by atoms with E-state index in [0.29, 0.717) is 12.5 Å². The smallest absolute Gasteiger partial charge is 0.263 e. The SMILES string of the molecule is CCCn1c(Nc2c(C)nsc2C)nc2sc3c(c2c1=O)CCCC3. The molecule has 3 heterocycles. The second-order valence-corrected chi connectivity index (χ2v) is 8.67. The molecule has 0 saturated carbocycles. The van der Waals surface area contributed by atoms with Gasteiger partial charge in [0.05, 0.1) is 16.8 Å². The molecule has 0 aliphatic heterocycles. The number of fused-ring (bicyclic) bond motifs is 3. The molecule has 0 radical (unpaired) electrons. The zero-order chi connectivity index (χ0) is 17.6. The third-order valence-electron chi connectivity index (χ3n) is 4.79. The minimum Gasteiger partial charge on any atom is -0.323 e. The van der Waals surface area contributed by atoms with E-state index in [1.807, 2.05) is 13.8 Å². The van der Waals surface area contributed by atoms with Crippen molar-refractivity contribution in [3.8, 4) is 0 Å². The summed E-state index contributed by atoms with van der Waals surface area (Å²) in [6, 6.07) is 0. The summed E-state index contributed by atoms with van der Waals surface area (Å²) < 4.78 is 6.20. The molecule has 0 fully saturated rings. The molecule has 0 amide bonds. The maximum atomic E-state index is 13.2. The van der Waals surface area contributed by atoms with Gasteiger partial charge in [0.1, 0.15) is 4.83 Å². The molecular weight excluding hydrogens is 352 g/mol. The lowest BCUT2D eigenvalue weighted by Crippen LogP contribution is -2.24. The van der Waals surface area contributed by atoms with Crippen LogP contribution < -0.4 is 10.9 Å². The predicted molar refractivity (Wildman–Crippen MR) is 106 cm³/mol. The van der Waals surface area contributed by atoms with E-state index in [2.05, 4.69) is 16.6 Å². The van der Waals surface area contributed by atoms with E-state index in [9.17, 15) is 4.79 Å². The van der Waals surface area contributed by atoms with E-state index >= 15 is 0 Å². The Balaban J connectivity index is 1.91. The number of nitrogens with one attached hydrogen (secondary N) is 1. The minimum absolute atomic E-state index is 0.104. The number of thiophene rings is 1. The van der Waals surface area contributed by atoms with Crippen molar-refractivity contribution in [2.45, 2.75) is 59.4 Å². The van der Waals surface area contributed by atoms with Gasteiger partial charge >= 0.3 is 0 Å². The maximum absolute atomic E-state index is 13.2. The lowest BCUT2D eigenvalue weighted by molar-refractivity contribution is 0.655. The monoisotopic (exact) mass is 374 g/mol. The van der Waals surface area contributed by atoms with E-state index in [1.54, 1.807) is 15.9 Å². The number of anilines is 2. The number of hydrogen-bond acceptors (Lipinski definition) is 6. The van der Waals surface area contributed by atoms with E-state index < -0.39 is 0 Å². The van der Waals surface area contributed by atoms with Crippen LogP contribution in [0.1, 0.15) is 47.2 Å². The zero-order valence-electron chi connectivity index (χ0n) is 14.8. The summed E-state index contributed by atoms with van der Waals surface area (Å²) >= 11 is 3.17. The molecule has 0 atom stereocenters. The van der Waals surface area contributed by atoms with Crippen LogP contribution in [0.3, 0.4) is 0 Å². The van der Waals surface area contributed by atoms with Gasteiger partial charge in [-0.05, 0) is 63.0 Å². The first-order chi connectivity index (χ1) is 12.1. The summed E-state index contributed by atoms with van der Waals surface area (Å²) in [6.45, 7) is 6.78. The lowest BCUT2D eigenvalue weighted by atomic mass is 9.97. The highest BCUT2D eigenvalue weighted by atomic mass is 32.1. The van der Waals surface area contributed by atoms with E-state index in [-0.39, 0.29) is 5.56 Å². The molecule has 1 N–H and O–H groups in total. The summed E-state index contributed by atoms with van der Waals surface area (Å²) in [7, 11) is 0. The molecule has 0 aromatic carbocycles. The van der Waals surface area contributed by atoms with Gasteiger partial charge in [0.15, 0.2) is 0 Å². The third kappa shape index (κ3) is 2.79. The van der Waals surface area contributed by atoms with Gasteiger partial charge in [-0.1, -0.05) is 6.92 Å². The Kier molecular flexibility index (Phi) is 4.37. The van der Waals surface area contributed by atoms with E-state index in [4.69, 9.17) is 4.98 Å². The first kappa shape index (κ1) is 16.7. The highest BCUT2D eigenvalue weighted by Crippen LogP contribution is 2.35. The summed E-state index contributed by atoms with van der Waals surface area (Å²) in [4.78, 5) is 21.5. The molecule has 1 aliphatic carbocycles. The molecule has 0 spiro atoms. The highest BCUT2D eigenvalue weighted by Gasteiger charge is 2.22. The average Bonchev–Trinajstić information content (AvgIpc) is 3.12. The predicted octanol–water partition coefficient (Wildman–Crippen LogP) is 4.56. The van der Waals surface area contributed by atoms with Crippen LogP contribution in [-0.4, -0.2) is 13.9 Å². The van der Waals surface area contributed by atoms with Crippen molar-refractivity contribution >= 4 is 44.7 Å². The van der Waals surface area contributed by atoms with Crippen LogP contribution in [0.15, 0.2) is 4.79 Å². The Morgan fingerprint density at radius 3 is 2.76 bits per heavy atom. The van der Waals surface area contributed by atoms with Crippen LogP contribution in [0.4, 0.5) is 11.6 Å². The van der Waals surface area contributed by atoms with Crippen LogP contribution in [0.5, 0.6) is 0 Å². The fourth-order valence-corrected chi connectivity index (χ4v) is 5.45. The van der Waals surface area contributed by atoms with Crippen molar-refractivity contribution < 1.29 is 0 Å². The summed E-state index contributed by atoms with van der Waals surface area (Å²) in [5, 5.41) is 4.25. The molecule has 0 unspecified atom stereocenters. The van der Waals surface area contributed by atoms with Crippen molar-refractivity contribution in [2.24, 2.45) is 0 Å². The van der Waals surface area contributed by atoms with Gasteiger partial charge < -0.3 is 5.32 Å². The van der Waals surface area contributed by atoms with Gasteiger partial charge in [-0.3, -0.25) is 9.36 Å². The number of rotatable bonds is 4. The van der Waals surface area contributed by atoms with Crippen molar-refractivity contribution in [3.63, 3.8) is 0 Å². The van der Waals surface area contributed by atoms with Crippen LogP contribution in [-0.2, 0) is 19.4 Å². The average molecular weight is 375 g/mol. The van der Waals surface area contributed by atoms with E-state index in [0.717, 1.165) is 45.7 Å². The second-order valence-electron chi connectivity index (χ2n) is 6.61. The first-order valence-electron chi connectivity index (χ1n) is 8.85. The first-order valence-corrected chi connectivity index (χ1v) is 10.4.